The molecule has 0 radical (unpaired) electrons. The Bertz CT molecular complexity index is 629. The van der Waals surface area contributed by atoms with Crippen LogP contribution in [0.5, 0.6) is 0 Å². The van der Waals surface area contributed by atoms with Crippen LogP contribution in [0, 0.1) is 0 Å². The second kappa shape index (κ2) is 5.13. The highest BCUT2D eigenvalue weighted by Gasteiger charge is 2.20. The van der Waals surface area contributed by atoms with Crippen LogP contribution in [-0.4, -0.2) is 46.9 Å². The van der Waals surface area contributed by atoms with Gasteiger partial charge in [-0.2, -0.15) is 0 Å². The number of nitrogen functional groups attached to an aromatic ring is 1. The van der Waals surface area contributed by atoms with Gasteiger partial charge in [0.2, 0.25) is 11.8 Å². The molecule has 0 bridgehead atoms. The van der Waals surface area contributed by atoms with Crippen molar-refractivity contribution in [2.45, 2.75) is 13.5 Å². The number of nitrogens with zero attached hydrogens (tertiary/aromatic N) is 3. The second-order valence-electron chi connectivity index (χ2n) is 5.12. The van der Waals surface area contributed by atoms with Crippen molar-refractivity contribution < 1.29 is 9.21 Å². The van der Waals surface area contributed by atoms with E-state index in [9.17, 15) is 4.79 Å². The van der Waals surface area contributed by atoms with E-state index in [2.05, 4.69) is 9.88 Å². The lowest BCUT2D eigenvalue weighted by Crippen LogP contribution is -2.47. The first-order valence-electron chi connectivity index (χ1n) is 6.74. The molecule has 2 aromatic rings. The molecule has 1 saturated heterocycles. The van der Waals surface area contributed by atoms with Crippen molar-refractivity contribution in [3.8, 4) is 0 Å². The third-order valence-corrected chi connectivity index (χ3v) is 3.63. The lowest BCUT2D eigenvalue weighted by Gasteiger charge is -2.33. The molecule has 1 aromatic carbocycles. The van der Waals surface area contributed by atoms with Crippen molar-refractivity contribution in [1.82, 2.24) is 14.8 Å². The normalized spacial score (nSPS) is 16.8. The molecule has 0 atom stereocenters. The van der Waals surface area contributed by atoms with Crippen LogP contribution in [0.3, 0.4) is 0 Å². The number of anilines is 1. The number of nitrogens with two attached hydrogens (primary N) is 1. The van der Waals surface area contributed by atoms with E-state index in [0.717, 1.165) is 37.3 Å². The number of rotatable bonds is 2. The fourth-order valence-electron chi connectivity index (χ4n) is 2.47. The van der Waals surface area contributed by atoms with Crippen LogP contribution in [0.25, 0.3) is 11.1 Å². The van der Waals surface area contributed by atoms with E-state index < -0.39 is 0 Å². The highest BCUT2D eigenvalue weighted by molar-refractivity contribution is 5.76. The fourth-order valence-corrected chi connectivity index (χ4v) is 2.47. The van der Waals surface area contributed by atoms with Gasteiger partial charge in [-0.1, -0.05) is 0 Å². The summed E-state index contributed by atoms with van der Waals surface area (Å²) in [5.74, 6) is 0.837. The SMILES string of the molecule is CC(=O)N1CCN(Cc2nc3cc(N)ccc3o2)CC1. The molecular weight excluding hydrogens is 256 g/mol. The van der Waals surface area contributed by atoms with Gasteiger partial charge in [0.05, 0.1) is 6.54 Å². The number of hydrogen-bond donors (Lipinski definition) is 1. The lowest BCUT2D eigenvalue weighted by molar-refractivity contribution is -0.130. The van der Waals surface area contributed by atoms with Gasteiger partial charge >= 0.3 is 0 Å². The van der Waals surface area contributed by atoms with E-state index in [1.807, 2.05) is 23.1 Å². The minimum Gasteiger partial charge on any atom is -0.439 e. The van der Waals surface area contributed by atoms with Gasteiger partial charge < -0.3 is 15.1 Å². The van der Waals surface area contributed by atoms with Crippen molar-refractivity contribution >= 4 is 22.7 Å². The Morgan fingerprint density at radius 1 is 1.35 bits per heavy atom. The molecule has 6 heteroatoms. The summed E-state index contributed by atoms with van der Waals surface area (Å²) in [6.07, 6.45) is 0. The van der Waals surface area contributed by atoms with Crippen molar-refractivity contribution in [2.75, 3.05) is 31.9 Å². The number of oxazole rings is 1. The zero-order valence-electron chi connectivity index (χ0n) is 11.5. The van der Waals surface area contributed by atoms with Crippen molar-refractivity contribution in [2.24, 2.45) is 0 Å². The van der Waals surface area contributed by atoms with Gasteiger partial charge in [-0.25, -0.2) is 4.98 Å². The maximum Gasteiger partial charge on any atom is 0.219 e. The van der Waals surface area contributed by atoms with Gasteiger partial charge in [-0.05, 0) is 18.2 Å². The van der Waals surface area contributed by atoms with Crippen LogP contribution < -0.4 is 5.73 Å². The Hall–Kier alpha value is -2.08. The first-order chi connectivity index (χ1) is 9.61. The smallest absolute Gasteiger partial charge is 0.219 e. The first-order valence-corrected chi connectivity index (χ1v) is 6.74. The number of carbonyl (C=O) groups is 1. The predicted octanol–water partition coefficient (Wildman–Crippen LogP) is 1.07. The number of piperazine rings is 1. The van der Waals surface area contributed by atoms with Crippen molar-refractivity contribution in [3.63, 3.8) is 0 Å². The minimum atomic E-state index is 0.141. The van der Waals surface area contributed by atoms with Crippen LogP contribution in [-0.2, 0) is 11.3 Å². The van der Waals surface area contributed by atoms with Gasteiger partial charge in [0.15, 0.2) is 5.58 Å². The number of carbonyl (C=O) groups excluding carboxylic acids is 1. The van der Waals surface area contributed by atoms with E-state index in [-0.39, 0.29) is 5.91 Å². The number of amides is 1. The standard InChI is InChI=1S/C14H18N4O2/c1-10(19)18-6-4-17(5-7-18)9-14-16-12-8-11(15)2-3-13(12)20-14/h2-3,8H,4-7,9,15H2,1H3. The molecule has 1 aliphatic heterocycles. The monoisotopic (exact) mass is 274 g/mol. The Kier molecular flexibility index (Phi) is 3.31. The van der Waals surface area contributed by atoms with E-state index in [0.29, 0.717) is 18.1 Å². The number of fused-ring (bicyclic) bond motifs is 1. The second-order valence-corrected chi connectivity index (χ2v) is 5.12. The molecule has 1 aromatic heterocycles. The van der Waals surface area contributed by atoms with Gasteiger partial charge in [0.25, 0.3) is 0 Å². The topological polar surface area (TPSA) is 75.6 Å². The van der Waals surface area contributed by atoms with E-state index in [1.165, 1.54) is 0 Å². The average molecular weight is 274 g/mol. The van der Waals surface area contributed by atoms with Crippen molar-refractivity contribution in [3.05, 3.63) is 24.1 Å². The first kappa shape index (κ1) is 12.9. The molecule has 1 amide bonds. The van der Waals surface area contributed by atoms with Gasteiger partial charge in [-0.15, -0.1) is 0 Å². The Balaban J connectivity index is 1.66. The number of hydrogen-bond acceptors (Lipinski definition) is 5. The zero-order valence-corrected chi connectivity index (χ0v) is 11.5. The quantitative estimate of drug-likeness (QED) is 0.829. The van der Waals surface area contributed by atoms with Gasteiger partial charge in [0, 0.05) is 38.8 Å². The molecule has 1 aliphatic rings. The predicted molar refractivity (Wildman–Crippen MR) is 76.0 cm³/mol. The summed E-state index contributed by atoms with van der Waals surface area (Å²) in [6.45, 7) is 5.51. The summed E-state index contributed by atoms with van der Waals surface area (Å²) in [5, 5.41) is 0. The highest BCUT2D eigenvalue weighted by Crippen LogP contribution is 2.19. The van der Waals surface area contributed by atoms with Crippen LogP contribution >= 0.6 is 0 Å². The number of benzene rings is 1. The van der Waals surface area contributed by atoms with Crippen LogP contribution in [0.1, 0.15) is 12.8 Å². The molecular formula is C14H18N4O2. The molecule has 2 N–H and O–H groups in total. The summed E-state index contributed by atoms with van der Waals surface area (Å²) in [6, 6.07) is 5.47. The molecule has 1 fully saturated rings. The lowest BCUT2D eigenvalue weighted by atomic mass is 10.3. The molecule has 0 aliphatic carbocycles. The Morgan fingerprint density at radius 2 is 2.10 bits per heavy atom. The molecule has 106 valence electrons. The summed E-state index contributed by atoms with van der Waals surface area (Å²) in [4.78, 5) is 19.8. The van der Waals surface area contributed by atoms with Crippen molar-refractivity contribution in [1.29, 1.82) is 0 Å². The summed E-state index contributed by atoms with van der Waals surface area (Å²) in [5.41, 5.74) is 7.97. The van der Waals surface area contributed by atoms with E-state index >= 15 is 0 Å². The maximum absolute atomic E-state index is 11.3. The molecule has 3 rings (SSSR count). The van der Waals surface area contributed by atoms with Gasteiger partial charge in [0.1, 0.15) is 5.52 Å². The molecule has 0 unspecified atom stereocenters. The molecule has 6 nitrogen and oxygen atoms in total. The Labute approximate surface area is 117 Å². The Morgan fingerprint density at radius 3 is 2.80 bits per heavy atom. The van der Waals surface area contributed by atoms with E-state index in [4.69, 9.17) is 10.2 Å². The zero-order chi connectivity index (χ0) is 14.1. The summed E-state index contributed by atoms with van der Waals surface area (Å²) >= 11 is 0. The number of aromatic nitrogens is 1. The molecule has 0 spiro atoms. The highest BCUT2D eigenvalue weighted by atomic mass is 16.3. The molecule has 2 heterocycles. The summed E-state index contributed by atoms with van der Waals surface area (Å²) in [7, 11) is 0. The third kappa shape index (κ3) is 2.60. The fraction of sp³-hybridized carbons (Fsp3) is 0.429. The van der Waals surface area contributed by atoms with Crippen LogP contribution in [0.4, 0.5) is 5.69 Å². The maximum atomic E-state index is 11.3. The van der Waals surface area contributed by atoms with Crippen LogP contribution in [0.2, 0.25) is 0 Å². The minimum absolute atomic E-state index is 0.141. The molecule has 20 heavy (non-hydrogen) atoms. The van der Waals surface area contributed by atoms with Gasteiger partial charge in [-0.3, -0.25) is 9.69 Å². The third-order valence-electron chi connectivity index (χ3n) is 3.63. The summed E-state index contributed by atoms with van der Waals surface area (Å²) < 4.78 is 5.71. The largest absolute Gasteiger partial charge is 0.439 e. The average Bonchev–Trinajstić information content (AvgIpc) is 2.80. The molecule has 0 saturated carbocycles. The van der Waals surface area contributed by atoms with Crippen LogP contribution in [0.15, 0.2) is 22.6 Å². The van der Waals surface area contributed by atoms with E-state index in [1.54, 1.807) is 6.92 Å².